The summed E-state index contributed by atoms with van der Waals surface area (Å²) >= 11 is 0. The third-order valence-electron chi connectivity index (χ3n) is 4.63. The van der Waals surface area contributed by atoms with Crippen LogP contribution < -0.4 is 24.4 Å². The molecule has 16 heteroatoms. The number of benzene rings is 3. The van der Waals surface area contributed by atoms with Gasteiger partial charge in [0.15, 0.2) is 0 Å². The lowest BCUT2D eigenvalue weighted by Gasteiger charge is -2.11. The number of halogens is 4. The molecule has 0 saturated carbocycles. The molecule has 0 bridgehead atoms. The Balaban J connectivity index is 1.83. The molecular formula is C22H18F4N4O7S. The van der Waals surface area contributed by atoms with Gasteiger partial charge in [0.25, 0.3) is 15.7 Å². The molecule has 0 heterocycles. The molecule has 0 amide bonds. The molecule has 202 valence electrons. The fraction of sp³-hybridized carbons (Fsp3) is 0.136. The quantitative estimate of drug-likeness (QED) is 0.136. The number of hydrazone groups is 1. The zero-order valence-corrected chi connectivity index (χ0v) is 20.0. The van der Waals surface area contributed by atoms with Gasteiger partial charge in [0.2, 0.25) is 0 Å². The summed E-state index contributed by atoms with van der Waals surface area (Å²) in [5, 5.41) is 15.3. The number of hydrogen-bond donors (Lipinski definition) is 2. The van der Waals surface area contributed by atoms with Crippen molar-refractivity contribution in [3.05, 3.63) is 76.3 Å². The first-order valence-electron chi connectivity index (χ1n) is 10.3. The number of alkyl halides is 4. The number of hydrogen-bond acceptors (Lipinski definition) is 9. The molecule has 0 aliphatic rings. The third kappa shape index (κ3) is 7.45. The van der Waals surface area contributed by atoms with Gasteiger partial charge in [0.05, 0.1) is 23.1 Å². The minimum absolute atomic E-state index is 0.107. The largest absolute Gasteiger partial charge is 0.497 e. The van der Waals surface area contributed by atoms with Gasteiger partial charge in [-0.05, 0) is 48.5 Å². The molecular weight excluding hydrogens is 540 g/mol. The van der Waals surface area contributed by atoms with Gasteiger partial charge in [-0.3, -0.25) is 20.3 Å². The van der Waals surface area contributed by atoms with Crippen LogP contribution in [0.25, 0.3) is 0 Å². The second-order valence-electron chi connectivity index (χ2n) is 7.10. The highest BCUT2D eigenvalue weighted by Crippen LogP contribution is 2.30. The van der Waals surface area contributed by atoms with Gasteiger partial charge in [0.1, 0.15) is 22.9 Å². The number of nitro groups is 1. The van der Waals surface area contributed by atoms with E-state index in [4.69, 9.17) is 4.74 Å². The van der Waals surface area contributed by atoms with E-state index in [0.717, 1.165) is 42.6 Å². The molecule has 38 heavy (non-hydrogen) atoms. The molecule has 0 atom stereocenters. The van der Waals surface area contributed by atoms with Gasteiger partial charge >= 0.3 is 13.2 Å². The van der Waals surface area contributed by atoms with Crippen LogP contribution in [0.4, 0.5) is 34.6 Å². The summed E-state index contributed by atoms with van der Waals surface area (Å²) in [6, 6.07) is 11.8. The van der Waals surface area contributed by atoms with Gasteiger partial charge in [-0.25, -0.2) is 8.42 Å². The van der Waals surface area contributed by atoms with Crippen molar-refractivity contribution in [2.24, 2.45) is 5.10 Å². The summed E-state index contributed by atoms with van der Waals surface area (Å²) in [6.07, 6.45) is 0.934. The van der Waals surface area contributed by atoms with E-state index in [2.05, 4.69) is 24.7 Å². The van der Waals surface area contributed by atoms with Crippen molar-refractivity contribution in [3.63, 3.8) is 0 Å². The molecule has 0 aliphatic heterocycles. The van der Waals surface area contributed by atoms with E-state index in [-0.39, 0.29) is 16.9 Å². The first-order chi connectivity index (χ1) is 18.0. The van der Waals surface area contributed by atoms with Crippen molar-refractivity contribution in [1.29, 1.82) is 0 Å². The van der Waals surface area contributed by atoms with Gasteiger partial charge in [0, 0.05) is 23.4 Å². The number of nitrogens with one attached hydrogen (secondary N) is 2. The molecule has 0 unspecified atom stereocenters. The van der Waals surface area contributed by atoms with E-state index < -0.39 is 50.3 Å². The highest BCUT2D eigenvalue weighted by molar-refractivity contribution is 7.92. The summed E-state index contributed by atoms with van der Waals surface area (Å²) in [6.45, 7) is -6.49. The second kappa shape index (κ2) is 12.1. The third-order valence-corrected chi connectivity index (χ3v) is 6.01. The van der Waals surface area contributed by atoms with Crippen molar-refractivity contribution in [2.75, 3.05) is 17.3 Å². The summed E-state index contributed by atoms with van der Waals surface area (Å²) in [7, 11) is -2.77. The molecule has 0 aliphatic carbocycles. The molecule has 0 aromatic heterocycles. The number of rotatable bonds is 12. The fourth-order valence-corrected chi connectivity index (χ4v) is 4.04. The van der Waals surface area contributed by atoms with E-state index in [1.807, 2.05) is 0 Å². The highest BCUT2D eigenvalue weighted by Gasteiger charge is 2.22. The summed E-state index contributed by atoms with van der Waals surface area (Å²) in [5.41, 5.74) is 1.50. The molecule has 2 N–H and O–H groups in total. The molecule has 0 fully saturated rings. The van der Waals surface area contributed by atoms with Crippen LogP contribution in [0.5, 0.6) is 17.2 Å². The lowest BCUT2D eigenvalue weighted by atomic mass is 10.2. The Morgan fingerprint density at radius 2 is 1.61 bits per heavy atom. The normalized spacial score (nSPS) is 11.6. The van der Waals surface area contributed by atoms with E-state index in [0.29, 0.717) is 5.75 Å². The van der Waals surface area contributed by atoms with Gasteiger partial charge in [-0.1, -0.05) is 0 Å². The summed E-state index contributed by atoms with van der Waals surface area (Å²) in [4.78, 5) is 10.3. The zero-order valence-electron chi connectivity index (χ0n) is 19.2. The Kier molecular flexibility index (Phi) is 8.90. The van der Waals surface area contributed by atoms with Crippen LogP contribution in [-0.4, -0.2) is 39.9 Å². The van der Waals surface area contributed by atoms with E-state index in [9.17, 15) is 36.1 Å². The Morgan fingerprint density at radius 1 is 0.947 bits per heavy atom. The van der Waals surface area contributed by atoms with Crippen molar-refractivity contribution in [1.82, 2.24) is 0 Å². The molecule has 0 saturated heterocycles. The van der Waals surface area contributed by atoms with Crippen LogP contribution in [0.1, 0.15) is 5.56 Å². The van der Waals surface area contributed by atoms with Crippen LogP contribution >= 0.6 is 0 Å². The predicted octanol–water partition coefficient (Wildman–Crippen LogP) is 5.05. The highest BCUT2D eigenvalue weighted by atomic mass is 32.2. The maximum Gasteiger partial charge on any atom is 0.387 e. The molecule has 0 radical (unpaired) electrons. The predicted molar refractivity (Wildman–Crippen MR) is 128 cm³/mol. The molecule has 3 rings (SSSR count). The Bertz CT molecular complexity index is 1420. The minimum atomic E-state index is -4.21. The average molecular weight is 558 g/mol. The molecule has 11 nitrogen and oxygen atoms in total. The smallest absolute Gasteiger partial charge is 0.387 e. The van der Waals surface area contributed by atoms with E-state index >= 15 is 0 Å². The Labute approximate surface area is 212 Å². The maximum absolute atomic E-state index is 12.7. The Morgan fingerprint density at radius 3 is 2.21 bits per heavy atom. The van der Waals surface area contributed by atoms with Gasteiger partial charge < -0.3 is 14.2 Å². The number of nitrogens with zero attached hydrogens (tertiary/aromatic N) is 2. The summed E-state index contributed by atoms with van der Waals surface area (Å²) < 4.78 is 91.4. The lowest BCUT2D eigenvalue weighted by Crippen LogP contribution is -2.13. The van der Waals surface area contributed by atoms with Crippen LogP contribution in [0.3, 0.4) is 0 Å². The topological polar surface area (TPSA) is 141 Å². The number of methoxy groups -OCH3 is 1. The van der Waals surface area contributed by atoms with Gasteiger partial charge in [-0.15, -0.1) is 0 Å². The van der Waals surface area contributed by atoms with E-state index in [1.54, 1.807) is 0 Å². The van der Waals surface area contributed by atoms with Crippen LogP contribution in [0, 0.1) is 10.1 Å². The lowest BCUT2D eigenvalue weighted by molar-refractivity contribution is -0.384. The maximum atomic E-state index is 12.7. The van der Waals surface area contributed by atoms with E-state index in [1.165, 1.54) is 31.4 Å². The zero-order chi connectivity index (χ0) is 27.9. The minimum Gasteiger partial charge on any atom is -0.497 e. The number of sulfonamides is 1. The standard InChI is InChI=1S/C22H18F4N4O7S/c1-35-15-6-3-14(4-7-15)29-38(33,34)17-8-9-18(19(11-17)30(31)32)28-27-12-13-2-5-16(36-21(23)24)10-20(13)37-22(25)26/h2-12,21-22,28-29H,1H3/b27-12-. The van der Waals surface area contributed by atoms with Gasteiger partial charge in [-0.2, -0.15) is 22.7 Å². The number of nitro benzene ring substituents is 1. The SMILES string of the molecule is COc1ccc(NS(=O)(=O)c2ccc(N/N=C\c3ccc(OC(F)F)cc3OC(F)F)c([N+](=O)[O-])c2)cc1. The van der Waals surface area contributed by atoms with Crippen molar-refractivity contribution in [2.45, 2.75) is 18.1 Å². The average Bonchev–Trinajstić information content (AvgIpc) is 2.84. The number of anilines is 2. The van der Waals surface area contributed by atoms with Crippen LogP contribution in [-0.2, 0) is 10.0 Å². The van der Waals surface area contributed by atoms with Crippen molar-refractivity contribution in [3.8, 4) is 17.2 Å². The van der Waals surface area contributed by atoms with Crippen molar-refractivity contribution >= 4 is 33.3 Å². The van der Waals surface area contributed by atoms with Crippen molar-refractivity contribution < 1.29 is 45.1 Å². The summed E-state index contributed by atoms with van der Waals surface area (Å²) in [5.74, 6) is -0.509. The molecule has 3 aromatic rings. The second-order valence-corrected chi connectivity index (χ2v) is 8.78. The monoisotopic (exact) mass is 558 g/mol. The van der Waals surface area contributed by atoms with Crippen LogP contribution in [0.15, 0.2) is 70.7 Å². The Hall–Kier alpha value is -4.60. The fourth-order valence-electron chi connectivity index (χ4n) is 2.96. The first-order valence-corrected chi connectivity index (χ1v) is 11.7. The number of ether oxygens (including phenoxy) is 3. The van der Waals surface area contributed by atoms with Crippen LogP contribution in [0.2, 0.25) is 0 Å². The molecule has 3 aromatic carbocycles. The molecule has 0 spiro atoms. The first kappa shape index (κ1) is 28.0.